The lowest BCUT2D eigenvalue weighted by Gasteiger charge is -2.08. The van der Waals surface area contributed by atoms with Gasteiger partial charge >= 0.3 is 5.97 Å². The Morgan fingerprint density at radius 1 is 1.32 bits per heavy atom. The third kappa shape index (κ3) is 5.50. The van der Waals surface area contributed by atoms with Gasteiger partial charge in [-0.25, -0.2) is 9.18 Å². The van der Waals surface area contributed by atoms with Crippen LogP contribution in [0.15, 0.2) is 24.3 Å². The van der Waals surface area contributed by atoms with Crippen LogP contribution in [0, 0.1) is 0 Å². The number of unbranched alkanes of at least 4 members (excludes halogenated alkanes) is 1. The molecule has 0 saturated carbocycles. The Kier molecular flexibility index (Phi) is 5.99. The number of anilines is 1. The molecule has 0 aliphatic heterocycles. The van der Waals surface area contributed by atoms with Crippen molar-refractivity contribution in [3.63, 3.8) is 0 Å². The summed E-state index contributed by atoms with van der Waals surface area (Å²) in [6, 6.07) is 5.76. The first kappa shape index (κ1) is 15.1. The standard InChI is InChI=1S/C14H18FNO3/c1-2-3-4-11(15)9-13(17)16-12-7-5-10(6-8-12)14(18)19/h5-8,11H,2-4,9H2,1H3,(H,16,17)(H,18,19). The Morgan fingerprint density at radius 3 is 2.47 bits per heavy atom. The van der Waals surface area contributed by atoms with Crippen molar-refractivity contribution in [3.8, 4) is 0 Å². The number of carbonyl (C=O) groups is 2. The molecular weight excluding hydrogens is 249 g/mol. The minimum Gasteiger partial charge on any atom is -0.478 e. The van der Waals surface area contributed by atoms with Crippen LogP contribution in [0.1, 0.15) is 43.0 Å². The predicted molar refractivity (Wildman–Crippen MR) is 71.1 cm³/mol. The van der Waals surface area contributed by atoms with Crippen LogP contribution in [0.5, 0.6) is 0 Å². The fourth-order valence-electron chi connectivity index (χ4n) is 1.64. The van der Waals surface area contributed by atoms with Gasteiger partial charge in [0.2, 0.25) is 5.91 Å². The maximum absolute atomic E-state index is 13.4. The molecule has 0 radical (unpaired) electrons. The van der Waals surface area contributed by atoms with Gasteiger partial charge in [0.1, 0.15) is 6.17 Å². The Bertz CT molecular complexity index is 431. The van der Waals surface area contributed by atoms with Gasteiger partial charge in [0, 0.05) is 5.69 Å². The molecule has 19 heavy (non-hydrogen) atoms. The van der Waals surface area contributed by atoms with Crippen LogP contribution in [0.2, 0.25) is 0 Å². The highest BCUT2D eigenvalue weighted by molar-refractivity contribution is 5.92. The minimum absolute atomic E-state index is 0.143. The number of nitrogens with one attached hydrogen (secondary N) is 1. The van der Waals surface area contributed by atoms with Crippen LogP contribution in [0.4, 0.5) is 10.1 Å². The highest BCUT2D eigenvalue weighted by Gasteiger charge is 2.12. The van der Waals surface area contributed by atoms with Crippen molar-refractivity contribution >= 4 is 17.6 Å². The van der Waals surface area contributed by atoms with Gasteiger partial charge < -0.3 is 10.4 Å². The molecular formula is C14H18FNO3. The molecule has 5 heteroatoms. The van der Waals surface area contributed by atoms with Crippen molar-refractivity contribution in [1.29, 1.82) is 0 Å². The van der Waals surface area contributed by atoms with E-state index in [2.05, 4.69) is 5.32 Å². The number of amides is 1. The van der Waals surface area contributed by atoms with Crippen LogP contribution in [0.3, 0.4) is 0 Å². The van der Waals surface area contributed by atoms with Crippen molar-refractivity contribution in [2.75, 3.05) is 5.32 Å². The van der Waals surface area contributed by atoms with E-state index in [1.165, 1.54) is 24.3 Å². The van der Waals surface area contributed by atoms with Crippen LogP contribution >= 0.6 is 0 Å². The average Bonchev–Trinajstić information content (AvgIpc) is 2.36. The number of carbonyl (C=O) groups excluding carboxylic acids is 1. The van der Waals surface area contributed by atoms with Gasteiger partial charge in [0.15, 0.2) is 0 Å². The van der Waals surface area contributed by atoms with E-state index in [0.29, 0.717) is 12.1 Å². The molecule has 0 aromatic heterocycles. The Balaban J connectivity index is 2.45. The molecule has 2 N–H and O–H groups in total. The summed E-state index contributed by atoms with van der Waals surface area (Å²) in [4.78, 5) is 22.2. The molecule has 0 aliphatic rings. The van der Waals surface area contributed by atoms with Gasteiger partial charge in [-0.1, -0.05) is 19.8 Å². The Hall–Kier alpha value is -1.91. The normalized spacial score (nSPS) is 11.9. The fraction of sp³-hybridized carbons (Fsp3) is 0.429. The summed E-state index contributed by atoms with van der Waals surface area (Å²) >= 11 is 0. The number of alkyl halides is 1. The Labute approximate surface area is 111 Å². The molecule has 1 aromatic carbocycles. The zero-order chi connectivity index (χ0) is 14.3. The molecule has 0 fully saturated rings. The maximum atomic E-state index is 13.4. The quantitative estimate of drug-likeness (QED) is 0.797. The summed E-state index contributed by atoms with van der Waals surface area (Å²) < 4.78 is 13.4. The lowest BCUT2D eigenvalue weighted by atomic mass is 10.1. The first-order valence-electron chi connectivity index (χ1n) is 6.30. The summed E-state index contributed by atoms with van der Waals surface area (Å²) in [5.41, 5.74) is 0.613. The van der Waals surface area contributed by atoms with Crippen molar-refractivity contribution in [3.05, 3.63) is 29.8 Å². The number of benzene rings is 1. The number of halogens is 1. The number of aromatic carboxylic acids is 1. The second kappa shape index (κ2) is 7.51. The SMILES string of the molecule is CCCCC(F)CC(=O)Nc1ccc(C(=O)O)cc1. The number of carboxylic acids is 1. The third-order valence-electron chi connectivity index (χ3n) is 2.69. The molecule has 104 valence electrons. The molecule has 0 aliphatic carbocycles. The molecule has 0 bridgehead atoms. The minimum atomic E-state index is -1.13. The lowest BCUT2D eigenvalue weighted by Crippen LogP contribution is -2.17. The Morgan fingerprint density at radius 2 is 1.95 bits per heavy atom. The van der Waals surface area contributed by atoms with Crippen LogP contribution < -0.4 is 5.32 Å². The molecule has 1 rings (SSSR count). The molecule has 0 spiro atoms. The van der Waals surface area contributed by atoms with Crippen LogP contribution in [-0.4, -0.2) is 23.2 Å². The number of hydrogen-bond donors (Lipinski definition) is 2. The smallest absolute Gasteiger partial charge is 0.335 e. The summed E-state index contributed by atoms with van der Waals surface area (Å²) in [6.07, 6.45) is 0.765. The monoisotopic (exact) mass is 267 g/mol. The molecule has 0 heterocycles. The summed E-state index contributed by atoms with van der Waals surface area (Å²) in [5.74, 6) is -1.42. The lowest BCUT2D eigenvalue weighted by molar-refractivity contribution is -0.117. The topological polar surface area (TPSA) is 66.4 Å². The van der Waals surface area contributed by atoms with Crippen molar-refractivity contribution in [2.45, 2.75) is 38.8 Å². The van der Waals surface area contributed by atoms with E-state index in [1.807, 2.05) is 6.92 Å². The molecule has 1 aromatic rings. The summed E-state index contributed by atoms with van der Waals surface area (Å²) in [7, 11) is 0. The average molecular weight is 267 g/mol. The van der Waals surface area contributed by atoms with E-state index in [0.717, 1.165) is 12.8 Å². The second-order valence-electron chi connectivity index (χ2n) is 4.37. The van der Waals surface area contributed by atoms with Crippen LogP contribution in [-0.2, 0) is 4.79 Å². The van der Waals surface area contributed by atoms with E-state index in [9.17, 15) is 14.0 Å². The van der Waals surface area contributed by atoms with E-state index in [-0.39, 0.29) is 12.0 Å². The van der Waals surface area contributed by atoms with Crippen molar-refractivity contribution < 1.29 is 19.1 Å². The van der Waals surface area contributed by atoms with E-state index >= 15 is 0 Å². The van der Waals surface area contributed by atoms with Gasteiger partial charge in [0.25, 0.3) is 0 Å². The summed E-state index contributed by atoms with van der Waals surface area (Å²) in [6.45, 7) is 1.97. The largest absolute Gasteiger partial charge is 0.478 e. The third-order valence-corrected chi connectivity index (χ3v) is 2.69. The van der Waals surface area contributed by atoms with Crippen molar-refractivity contribution in [1.82, 2.24) is 0 Å². The summed E-state index contributed by atoms with van der Waals surface area (Å²) in [5, 5.41) is 11.3. The first-order valence-corrected chi connectivity index (χ1v) is 6.30. The highest BCUT2D eigenvalue weighted by atomic mass is 19.1. The first-order chi connectivity index (χ1) is 9.02. The molecule has 1 unspecified atom stereocenters. The van der Waals surface area contributed by atoms with Crippen molar-refractivity contribution in [2.24, 2.45) is 0 Å². The van der Waals surface area contributed by atoms with E-state index in [1.54, 1.807) is 0 Å². The maximum Gasteiger partial charge on any atom is 0.335 e. The van der Waals surface area contributed by atoms with Gasteiger partial charge in [-0.15, -0.1) is 0 Å². The fourth-order valence-corrected chi connectivity index (χ4v) is 1.64. The number of hydrogen-bond acceptors (Lipinski definition) is 2. The zero-order valence-electron chi connectivity index (χ0n) is 10.9. The van der Waals surface area contributed by atoms with Crippen LogP contribution in [0.25, 0.3) is 0 Å². The van der Waals surface area contributed by atoms with Gasteiger partial charge in [-0.2, -0.15) is 0 Å². The molecule has 1 atom stereocenters. The second-order valence-corrected chi connectivity index (χ2v) is 4.37. The number of rotatable bonds is 7. The van der Waals surface area contributed by atoms with Gasteiger partial charge in [-0.05, 0) is 30.7 Å². The zero-order valence-corrected chi connectivity index (χ0v) is 10.9. The highest BCUT2D eigenvalue weighted by Crippen LogP contribution is 2.13. The number of carboxylic acid groups (broad SMARTS) is 1. The molecule has 4 nitrogen and oxygen atoms in total. The molecule has 1 amide bonds. The van der Waals surface area contributed by atoms with Gasteiger partial charge in [0.05, 0.1) is 12.0 Å². The van der Waals surface area contributed by atoms with Gasteiger partial charge in [-0.3, -0.25) is 4.79 Å². The predicted octanol–water partition coefficient (Wildman–Crippen LogP) is 3.24. The molecule has 0 saturated heterocycles. The van der Waals surface area contributed by atoms with E-state index in [4.69, 9.17) is 5.11 Å². The van der Waals surface area contributed by atoms with E-state index < -0.39 is 18.0 Å².